The van der Waals surface area contributed by atoms with Crippen LogP contribution in [0.3, 0.4) is 0 Å². The molecule has 0 aliphatic heterocycles. The van der Waals surface area contributed by atoms with Crippen LogP contribution in [0.15, 0.2) is 127 Å². The molecule has 0 spiro atoms. The summed E-state index contributed by atoms with van der Waals surface area (Å²) in [6.07, 6.45) is 0.745. The average Bonchev–Trinajstić information content (AvgIpc) is 3.48. The Balaban J connectivity index is 1.43. The van der Waals surface area contributed by atoms with E-state index in [-0.39, 0.29) is 5.91 Å². The molecule has 6 heteroatoms. The third-order valence-electron chi connectivity index (χ3n) is 7.10. The molecular weight excluding hydrogens is 508 g/mol. The van der Waals surface area contributed by atoms with E-state index in [1.54, 1.807) is 11.6 Å². The predicted molar refractivity (Wildman–Crippen MR) is 162 cm³/mol. The standard InChI is InChI=1S/C35H30N4O2/c1-41-30-19-11-18-29(22-30)33-23-32(36-34-24-31(37-39(33)34)28-16-9-4-10-17-28)35(40)38(25-27-14-7-3-8-15-27)21-20-26-12-5-2-6-13-26/h2-19,22-24H,20-21,25H2,1H3. The van der Waals surface area contributed by atoms with Crippen LogP contribution in [-0.2, 0) is 13.0 Å². The molecule has 1 amide bonds. The molecule has 6 aromatic rings. The van der Waals surface area contributed by atoms with Gasteiger partial charge in [0.1, 0.15) is 11.4 Å². The Hall–Kier alpha value is -5.23. The second-order valence-corrected chi connectivity index (χ2v) is 9.87. The Labute approximate surface area is 239 Å². The molecule has 0 radical (unpaired) electrons. The Kier molecular flexibility index (Phi) is 7.54. The van der Waals surface area contributed by atoms with Gasteiger partial charge in [0.25, 0.3) is 5.91 Å². The zero-order valence-electron chi connectivity index (χ0n) is 22.9. The van der Waals surface area contributed by atoms with Crippen LogP contribution < -0.4 is 4.74 Å². The molecule has 41 heavy (non-hydrogen) atoms. The first-order chi connectivity index (χ1) is 20.2. The number of fused-ring (bicyclic) bond motifs is 1. The SMILES string of the molecule is COc1cccc(-c2cc(C(=O)N(CCc3ccccc3)Cc3ccccc3)nc3cc(-c4ccccc4)nn23)c1. The van der Waals surface area contributed by atoms with Crippen LogP contribution in [0.25, 0.3) is 28.2 Å². The number of rotatable bonds is 9. The van der Waals surface area contributed by atoms with E-state index < -0.39 is 0 Å². The molecule has 2 aromatic heterocycles. The normalized spacial score (nSPS) is 11.0. The van der Waals surface area contributed by atoms with Gasteiger partial charge in [-0.3, -0.25) is 4.79 Å². The van der Waals surface area contributed by atoms with Crippen LogP contribution in [0.2, 0.25) is 0 Å². The van der Waals surface area contributed by atoms with Gasteiger partial charge in [-0.05, 0) is 35.7 Å². The summed E-state index contributed by atoms with van der Waals surface area (Å²) in [5, 5.41) is 4.89. The summed E-state index contributed by atoms with van der Waals surface area (Å²) >= 11 is 0. The summed E-state index contributed by atoms with van der Waals surface area (Å²) < 4.78 is 7.30. The molecule has 0 atom stereocenters. The summed E-state index contributed by atoms with van der Waals surface area (Å²) in [6, 6.07) is 41.8. The van der Waals surface area contributed by atoms with Crippen molar-refractivity contribution in [2.24, 2.45) is 0 Å². The second-order valence-electron chi connectivity index (χ2n) is 9.87. The third kappa shape index (κ3) is 5.87. The van der Waals surface area contributed by atoms with Gasteiger partial charge in [-0.25, -0.2) is 9.50 Å². The molecule has 6 nitrogen and oxygen atoms in total. The number of carbonyl (C=O) groups is 1. The zero-order chi connectivity index (χ0) is 28.0. The number of carbonyl (C=O) groups excluding carboxylic acids is 1. The fourth-order valence-corrected chi connectivity index (χ4v) is 4.95. The van der Waals surface area contributed by atoms with Gasteiger partial charge in [-0.1, -0.05) is 103 Å². The van der Waals surface area contributed by atoms with Crippen molar-refractivity contribution in [1.82, 2.24) is 19.5 Å². The van der Waals surface area contributed by atoms with Gasteiger partial charge in [0.05, 0.1) is 18.5 Å². The van der Waals surface area contributed by atoms with Crippen molar-refractivity contribution in [3.63, 3.8) is 0 Å². The molecular formula is C35H30N4O2. The van der Waals surface area contributed by atoms with Gasteiger partial charge in [0.15, 0.2) is 5.65 Å². The van der Waals surface area contributed by atoms with Crippen LogP contribution >= 0.6 is 0 Å². The highest BCUT2D eigenvalue weighted by Gasteiger charge is 2.22. The second kappa shape index (κ2) is 11.9. The first-order valence-electron chi connectivity index (χ1n) is 13.7. The Bertz CT molecular complexity index is 1770. The molecule has 0 saturated carbocycles. The van der Waals surface area contributed by atoms with E-state index in [2.05, 4.69) is 12.1 Å². The molecule has 6 rings (SSSR count). The van der Waals surface area contributed by atoms with Crippen LogP contribution in [0.4, 0.5) is 0 Å². The van der Waals surface area contributed by atoms with Gasteiger partial charge in [0.2, 0.25) is 0 Å². The number of hydrogen-bond donors (Lipinski definition) is 0. The number of nitrogens with zero attached hydrogens (tertiary/aromatic N) is 4. The van der Waals surface area contributed by atoms with E-state index in [4.69, 9.17) is 14.8 Å². The molecule has 0 unspecified atom stereocenters. The fraction of sp³-hybridized carbons (Fsp3) is 0.114. The predicted octanol–water partition coefficient (Wildman–Crippen LogP) is 6.96. The van der Waals surface area contributed by atoms with E-state index in [9.17, 15) is 4.79 Å². The fourth-order valence-electron chi connectivity index (χ4n) is 4.95. The summed E-state index contributed by atoms with van der Waals surface area (Å²) in [6.45, 7) is 1.05. The first-order valence-corrected chi connectivity index (χ1v) is 13.7. The summed E-state index contributed by atoms with van der Waals surface area (Å²) in [7, 11) is 1.64. The van der Waals surface area contributed by atoms with Gasteiger partial charge in [0, 0.05) is 30.3 Å². The first kappa shape index (κ1) is 26.0. The number of hydrogen-bond acceptors (Lipinski definition) is 4. The molecule has 4 aromatic carbocycles. The number of ether oxygens (including phenoxy) is 1. The zero-order valence-corrected chi connectivity index (χ0v) is 22.9. The highest BCUT2D eigenvalue weighted by atomic mass is 16.5. The largest absolute Gasteiger partial charge is 0.497 e. The Morgan fingerprint density at radius 3 is 2.12 bits per heavy atom. The van der Waals surface area contributed by atoms with E-state index >= 15 is 0 Å². The minimum absolute atomic E-state index is 0.126. The minimum atomic E-state index is -0.126. The number of benzene rings is 4. The van der Waals surface area contributed by atoms with Crippen LogP contribution in [-0.4, -0.2) is 39.1 Å². The maximum absolute atomic E-state index is 14.2. The van der Waals surface area contributed by atoms with Crippen LogP contribution in [0.5, 0.6) is 5.75 Å². The van der Waals surface area contributed by atoms with Crippen molar-refractivity contribution in [3.8, 4) is 28.3 Å². The molecule has 0 aliphatic carbocycles. The highest BCUT2D eigenvalue weighted by Crippen LogP contribution is 2.28. The molecule has 0 bridgehead atoms. The monoisotopic (exact) mass is 538 g/mol. The summed E-state index contributed by atoms with van der Waals surface area (Å²) in [5.41, 5.74) is 6.65. The van der Waals surface area contributed by atoms with Gasteiger partial charge < -0.3 is 9.64 Å². The van der Waals surface area contributed by atoms with Crippen molar-refractivity contribution in [1.29, 1.82) is 0 Å². The Morgan fingerprint density at radius 1 is 0.756 bits per heavy atom. The van der Waals surface area contributed by atoms with Crippen molar-refractivity contribution >= 4 is 11.6 Å². The van der Waals surface area contributed by atoms with E-state index in [0.29, 0.717) is 24.4 Å². The lowest BCUT2D eigenvalue weighted by atomic mass is 10.1. The maximum Gasteiger partial charge on any atom is 0.272 e. The van der Waals surface area contributed by atoms with Crippen molar-refractivity contribution < 1.29 is 9.53 Å². The highest BCUT2D eigenvalue weighted by molar-refractivity contribution is 5.94. The third-order valence-corrected chi connectivity index (χ3v) is 7.10. The number of amides is 1. The van der Waals surface area contributed by atoms with Crippen LogP contribution in [0, 0.1) is 0 Å². The van der Waals surface area contributed by atoms with Gasteiger partial charge in [-0.2, -0.15) is 5.10 Å². The lowest BCUT2D eigenvalue weighted by Gasteiger charge is -2.23. The topological polar surface area (TPSA) is 59.7 Å². The smallest absolute Gasteiger partial charge is 0.272 e. The van der Waals surface area contributed by atoms with E-state index in [1.807, 2.05) is 120 Å². The molecule has 0 aliphatic rings. The summed E-state index contributed by atoms with van der Waals surface area (Å²) in [4.78, 5) is 20.9. The van der Waals surface area contributed by atoms with Gasteiger partial charge in [-0.15, -0.1) is 0 Å². The van der Waals surface area contributed by atoms with Crippen LogP contribution in [0.1, 0.15) is 21.6 Å². The van der Waals surface area contributed by atoms with Crippen molar-refractivity contribution in [2.45, 2.75) is 13.0 Å². The number of methoxy groups -OCH3 is 1. The van der Waals surface area contributed by atoms with Gasteiger partial charge >= 0.3 is 0 Å². The molecule has 202 valence electrons. The molecule has 2 heterocycles. The van der Waals surface area contributed by atoms with E-state index in [0.717, 1.165) is 40.2 Å². The lowest BCUT2D eigenvalue weighted by molar-refractivity contribution is 0.0739. The molecule has 0 saturated heterocycles. The summed E-state index contributed by atoms with van der Waals surface area (Å²) in [5.74, 6) is 0.600. The number of aromatic nitrogens is 3. The quantitative estimate of drug-likeness (QED) is 0.200. The molecule has 0 N–H and O–H groups in total. The van der Waals surface area contributed by atoms with E-state index in [1.165, 1.54) is 5.56 Å². The molecule has 0 fully saturated rings. The average molecular weight is 539 g/mol. The van der Waals surface area contributed by atoms with Crippen molar-refractivity contribution in [3.05, 3.63) is 144 Å². The maximum atomic E-state index is 14.2. The lowest BCUT2D eigenvalue weighted by Crippen LogP contribution is -2.33. The van der Waals surface area contributed by atoms with Crippen molar-refractivity contribution in [2.75, 3.05) is 13.7 Å². The Morgan fingerprint density at radius 2 is 1.41 bits per heavy atom. The minimum Gasteiger partial charge on any atom is -0.497 e.